The molecule has 1 heterocycles. The summed E-state index contributed by atoms with van der Waals surface area (Å²) in [7, 11) is 4.10. The van der Waals surface area contributed by atoms with Crippen LogP contribution in [0.1, 0.15) is 41.9 Å². The average molecular weight is 446 g/mol. The lowest BCUT2D eigenvalue weighted by Gasteiger charge is -2.34. The average Bonchev–Trinajstić information content (AvgIpc) is 2.75. The molecule has 1 amide bonds. The van der Waals surface area contributed by atoms with E-state index in [2.05, 4.69) is 19.0 Å². The Bertz CT molecular complexity index is 864. The smallest absolute Gasteiger partial charge is 0.239 e. The van der Waals surface area contributed by atoms with Crippen LogP contribution in [0, 0.1) is 5.82 Å². The van der Waals surface area contributed by atoms with Crippen LogP contribution in [0.25, 0.3) is 0 Å². The van der Waals surface area contributed by atoms with E-state index < -0.39 is 6.04 Å². The Labute approximate surface area is 190 Å². The van der Waals surface area contributed by atoms with Crippen molar-refractivity contribution in [1.29, 1.82) is 0 Å². The molecule has 0 radical (unpaired) electrons. The summed E-state index contributed by atoms with van der Waals surface area (Å²) < 4.78 is 13.9. The molecule has 3 rings (SSSR count). The van der Waals surface area contributed by atoms with Gasteiger partial charge in [0.15, 0.2) is 0 Å². The van der Waals surface area contributed by atoms with Gasteiger partial charge in [0, 0.05) is 18.1 Å². The summed E-state index contributed by atoms with van der Waals surface area (Å²) in [4.78, 5) is 16.9. The lowest BCUT2D eigenvalue weighted by atomic mass is 9.85. The lowest BCUT2D eigenvalue weighted by molar-refractivity contribution is -0.133. The second-order valence-electron chi connectivity index (χ2n) is 8.79. The highest BCUT2D eigenvalue weighted by Gasteiger charge is 2.28. The van der Waals surface area contributed by atoms with Gasteiger partial charge in [0.25, 0.3) is 0 Å². The molecule has 2 aromatic rings. The fourth-order valence-electron chi connectivity index (χ4n) is 4.38. The first-order chi connectivity index (χ1) is 14.8. The van der Waals surface area contributed by atoms with E-state index in [0.29, 0.717) is 30.5 Å². The summed E-state index contributed by atoms with van der Waals surface area (Å²) in [5.41, 5.74) is 9.56. The van der Waals surface area contributed by atoms with Gasteiger partial charge in [-0.15, -0.1) is 0 Å². The topological polar surface area (TPSA) is 49.6 Å². The molecule has 0 aromatic heterocycles. The van der Waals surface area contributed by atoms with Crippen molar-refractivity contribution < 1.29 is 9.18 Å². The molecule has 2 N–H and O–H groups in total. The number of halogens is 2. The third kappa shape index (κ3) is 6.76. The summed E-state index contributed by atoms with van der Waals surface area (Å²) in [5, 5.41) is 0.674. The molecule has 0 saturated carbocycles. The van der Waals surface area contributed by atoms with E-state index in [9.17, 15) is 9.18 Å². The number of amides is 1. The molecule has 168 valence electrons. The Balaban J connectivity index is 1.57. The predicted molar refractivity (Wildman–Crippen MR) is 125 cm³/mol. The van der Waals surface area contributed by atoms with Crippen molar-refractivity contribution in [2.24, 2.45) is 5.73 Å². The molecule has 4 nitrogen and oxygen atoms in total. The van der Waals surface area contributed by atoms with Gasteiger partial charge >= 0.3 is 0 Å². The molecule has 0 bridgehead atoms. The van der Waals surface area contributed by atoms with Crippen LogP contribution >= 0.6 is 11.6 Å². The molecule has 1 saturated heterocycles. The van der Waals surface area contributed by atoms with Crippen LogP contribution in [0.5, 0.6) is 0 Å². The fraction of sp³-hybridized carbons (Fsp3) is 0.480. The summed E-state index contributed by atoms with van der Waals surface area (Å²) in [5.74, 6) is 0.176. The van der Waals surface area contributed by atoms with Gasteiger partial charge in [-0.05, 0) is 99.6 Å². The number of hydrogen-bond donors (Lipinski definition) is 1. The van der Waals surface area contributed by atoms with E-state index in [4.69, 9.17) is 17.3 Å². The fourth-order valence-corrected chi connectivity index (χ4v) is 4.51. The number of hydrogen-bond acceptors (Lipinski definition) is 3. The molecule has 6 heteroatoms. The van der Waals surface area contributed by atoms with E-state index in [1.165, 1.54) is 5.56 Å². The normalized spacial score (nSPS) is 16.0. The second-order valence-corrected chi connectivity index (χ2v) is 9.22. The maximum Gasteiger partial charge on any atom is 0.239 e. The number of benzene rings is 2. The Hall–Kier alpha value is -1.95. The first-order valence-corrected chi connectivity index (χ1v) is 11.4. The Morgan fingerprint density at radius 2 is 1.87 bits per heavy atom. The molecule has 0 aliphatic carbocycles. The van der Waals surface area contributed by atoms with E-state index in [-0.39, 0.29) is 11.7 Å². The van der Waals surface area contributed by atoms with Crippen LogP contribution in [-0.2, 0) is 17.6 Å². The molecule has 1 fully saturated rings. The highest BCUT2D eigenvalue weighted by atomic mass is 35.5. The van der Waals surface area contributed by atoms with E-state index in [0.717, 1.165) is 43.4 Å². The van der Waals surface area contributed by atoms with Crippen LogP contribution in [0.4, 0.5) is 4.39 Å². The highest BCUT2D eigenvalue weighted by Crippen LogP contribution is 2.32. The number of nitrogens with zero attached hydrogens (tertiary/aromatic N) is 2. The van der Waals surface area contributed by atoms with Crippen LogP contribution < -0.4 is 5.73 Å². The first kappa shape index (κ1) is 23.7. The van der Waals surface area contributed by atoms with Gasteiger partial charge in [-0.2, -0.15) is 0 Å². The summed E-state index contributed by atoms with van der Waals surface area (Å²) in [6.07, 6.45) is 4.14. The second kappa shape index (κ2) is 11.1. The summed E-state index contributed by atoms with van der Waals surface area (Å²) in [6.45, 7) is 2.35. The zero-order chi connectivity index (χ0) is 22.4. The molecule has 1 atom stereocenters. The van der Waals surface area contributed by atoms with E-state index in [1.54, 1.807) is 12.1 Å². The standard InChI is InChI=1S/C25H33ClFN3O/c1-29(2)13-3-4-20-17-22(27)9-10-23(20)19-11-14-30(15-12-19)25(31)24(28)16-18-5-7-21(26)8-6-18/h5-10,17,19,24H,3-4,11-16,28H2,1-2H3/t24-/m1/s1. The Morgan fingerprint density at radius 3 is 2.52 bits per heavy atom. The monoisotopic (exact) mass is 445 g/mol. The first-order valence-electron chi connectivity index (χ1n) is 11.1. The Kier molecular flexibility index (Phi) is 8.47. The van der Waals surface area contributed by atoms with Crippen LogP contribution in [-0.4, -0.2) is 55.5 Å². The minimum Gasteiger partial charge on any atom is -0.341 e. The quantitative estimate of drug-likeness (QED) is 0.660. The third-order valence-corrected chi connectivity index (χ3v) is 6.34. The summed E-state index contributed by atoms with van der Waals surface area (Å²) in [6, 6.07) is 12.1. The lowest BCUT2D eigenvalue weighted by Crippen LogP contribution is -2.47. The van der Waals surface area contributed by atoms with Crippen molar-refractivity contribution in [3.05, 3.63) is 70.0 Å². The van der Waals surface area contributed by atoms with Gasteiger partial charge in [-0.3, -0.25) is 4.79 Å². The SMILES string of the molecule is CN(C)CCCc1cc(F)ccc1C1CCN(C(=O)[C@H](N)Cc2ccc(Cl)cc2)CC1. The minimum absolute atomic E-state index is 0.00119. The third-order valence-electron chi connectivity index (χ3n) is 6.09. The van der Waals surface area contributed by atoms with E-state index >= 15 is 0 Å². The van der Waals surface area contributed by atoms with Gasteiger partial charge < -0.3 is 15.5 Å². The van der Waals surface area contributed by atoms with Gasteiger partial charge in [0.2, 0.25) is 5.91 Å². The molecular formula is C25H33ClFN3O. The zero-order valence-corrected chi connectivity index (χ0v) is 19.2. The van der Waals surface area contributed by atoms with Crippen LogP contribution in [0.15, 0.2) is 42.5 Å². The number of nitrogens with two attached hydrogens (primary N) is 1. The number of likely N-dealkylation sites (tertiary alicyclic amines) is 1. The van der Waals surface area contributed by atoms with Crippen molar-refractivity contribution >= 4 is 17.5 Å². The van der Waals surface area contributed by atoms with Crippen molar-refractivity contribution in [3.8, 4) is 0 Å². The van der Waals surface area contributed by atoms with Crippen molar-refractivity contribution in [3.63, 3.8) is 0 Å². The number of rotatable bonds is 8. The molecule has 1 aliphatic rings. The largest absolute Gasteiger partial charge is 0.341 e. The minimum atomic E-state index is -0.551. The number of carbonyl (C=O) groups excluding carboxylic acids is 1. The van der Waals surface area contributed by atoms with Gasteiger partial charge in [-0.1, -0.05) is 29.8 Å². The maximum absolute atomic E-state index is 13.9. The van der Waals surface area contributed by atoms with Crippen molar-refractivity contribution in [2.45, 2.75) is 44.1 Å². The molecule has 2 aromatic carbocycles. The van der Waals surface area contributed by atoms with Gasteiger partial charge in [-0.25, -0.2) is 4.39 Å². The molecule has 0 unspecified atom stereocenters. The van der Waals surface area contributed by atoms with Crippen molar-refractivity contribution in [1.82, 2.24) is 9.80 Å². The number of carbonyl (C=O) groups is 1. The van der Waals surface area contributed by atoms with Crippen molar-refractivity contribution in [2.75, 3.05) is 33.7 Å². The number of aryl methyl sites for hydroxylation is 1. The maximum atomic E-state index is 13.9. The zero-order valence-electron chi connectivity index (χ0n) is 18.5. The summed E-state index contributed by atoms with van der Waals surface area (Å²) >= 11 is 5.93. The van der Waals surface area contributed by atoms with Crippen LogP contribution in [0.3, 0.4) is 0 Å². The molecular weight excluding hydrogens is 413 g/mol. The van der Waals surface area contributed by atoms with Gasteiger partial charge in [0.1, 0.15) is 5.82 Å². The highest BCUT2D eigenvalue weighted by molar-refractivity contribution is 6.30. The molecule has 1 aliphatic heterocycles. The van der Waals surface area contributed by atoms with E-state index in [1.807, 2.05) is 35.2 Å². The van der Waals surface area contributed by atoms with Gasteiger partial charge in [0.05, 0.1) is 6.04 Å². The predicted octanol–water partition coefficient (Wildman–Crippen LogP) is 4.25. The Morgan fingerprint density at radius 1 is 1.19 bits per heavy atom. The molecule has 31 heavy (non-hydrogen) atoms. The molecule has 0 spiro atoms. The van der Waals surface area contributed by atoms with Crippen LogP contribution in [0.2, 0.25) is 5.02 Å². The number of piperidine rings is 1.